The monoisotopic (exact) mass is 315 g/mol. The average Bonchev–Trinajstić information content (AvgIpc) is 3.22. The summed E-state index contributed by atoms with van der Waals surface area (Å²) < 4.78 is 4.79. The first-order valence-electron chi connectivity index (χ1n) is 7.93. The molecular formula is C21H17NO2. The van der Waals surface area contributed by atoms with Gasteiger partial charge in [-0.1, -0.05) is 60.7 Å². The van der Waals surface area contributed by atoms with Crippen molar-refractivity contribution >= 4 is 11.5 Å². The van der Waals surface area contributed by atoms with E-state index in [2.05, 4.69) is 47.5 Å². The zero-order chi connectivity index (χ0) is 16.5. The van der Waals surface area contributed by atoms with Crippen LogP contribution in [-0.2, 0) is 11.2 Å². The second-order valence-electron chi connectivity index (χ2n) is 5.83. The summed E-state index contributed by atoms with van der Waals surface area (Å²) in [5, 5.41) is 0. The maximum absolute atomic E-state index is 11.7. The lowest BCUT2D eigenvalue weighted by atomic mass is 9.98. The molecule has 3 aromatic rings. The Hall–Kier alpha value is -3.07. The maximum Gasteiger partial charge on any atom is 0.354 e. The van der Waals surface area contributed by atoms with Crippen molar-refractivity contribution in [3.8, 4) is 11.1 Å². The first kappa shape index (κ1) is 14.5. The van der Waals surface area contributed by atoms with Crippen molar-refractivity contribution in [2.45, 2.75) is 6.42 Å². The summed E-state index contributed by atoms with van der Waals surface area (Å²) in [4.78, 5) is 14.8. The van der Waals surface area contributed by atoms with E-state index in [0.717, 1.165) is 28.8 Å². The molecule has 1 aromatic heterocycles. The third-order valence-corrected chi connectivity index (χ3v) is 4.41. The predicted molar refractivity (Wildman–Crippen MR) is 94.8 cm³/mol. The summed E-state index contributed by atoms with van der Waals surface area (Å²) in [5.41, 5.74) is 7.39. The number of rotatable bonds is 3. The van der Waals surface area contributed by atoms with E-state index in [1.807, 2.05) is 24.3 Å². The third kappa shape index (κ3) is 2.44. The SMILES string of the molecule is COC(=O)c1cc2c([nH]1)CC=C2c1ccc(-c2ccccc2)cc1. The van der Waals surface area contributed by atoms with E-state index in [-0.39, 0.29) is 5.97 Å². The van der Waals surface area contributed by atoms with Crippen LogP contribution in [0.1, 0.15) is 27.3 Å². The Morgan fingerprint density at radius 1 is 0.958 bits per heavy atom. The van der Waals surface area contributed by atoms with Crippen molar-refractivity contribution in [3.63, 3.8) is 0 Å². The van der Waals surface area contributed by atoms with Gasteiger partial charge in [0.2, 0.25) is 0 Å². The average molecular weight is 315 g/mol. The van der Waals surface area contributed by atoms with Crippen molar-refractivity contribution in [1.82, 2.24) is 4.98 Å². The summed E-state index contributed by atoms with van der Waals surface area (Å²) in [6.45, 7) is 0. The van der Waals surface area contributed by atoms with Crippen LogP contribution in [0.15, 0.2) is 66.7 Å². The number of carbonyl (C=O) groups excluding carboxylic acids is 1. The number of esters is 1. The van der Waals surface area contributed by atoms with Crippen LogP contribution in [0.2, 0.25) is 0 Å². The second-order valence-corrected chi connectivity index (χ2v) is 5.83. The van der Waals surface area contributed by atoms with Gasteiger partial charge in [0.15, 0.2) is 0 Å². The molecule has 1 aliphatic carbocycles. The van der Waals surface area contributed by atoms with Gasteiger partial charge in [0.05, 0.1) is 7.11 Å². The van der Waals surface area contributed by atoms with Crippen LogP contribution in [0.25, 0.3) is 16.7 Å². The van der Waals surface area contributed by atoms with Crippen LogP contribution in [-0.4, -0.2) is 18.1 Å². The Morgan fingerprint density at radius 3 is 2.33 bits per heavy atom. The van der Waals surface area contributed by atoms with Gasteiger partial charge >= 0.3 is 5.97 Å². The van der Waals surface area contributed by atoms with Crippen molar-refractivity contribution < 1.29 is 9.53 Å². The van der Waals surface area contributed by atoms with Gasteiger partial charge < -0.3 is 9.72 Å². The number of methoxy groups -OCH3 is 1. The molecule has 1 heterocycles. The van der Waals surface area contributed by atoms with E-state index in [4.69, 9.17) is 4.74 Å². The number of H-pyrrole nitrogens is 1. The van der Waals surface area contributed by atoms with Crippen LogP contribution in [0.3, 0.4) is 0 Å². The highest BCUT2D eigenvalue weighted by Crippen LogP contribution is 2.34. The van der Waals surface area contributed by atoms with Gasteiger partial charge in [-0.25, -0.2) is 4.79 Å². The fourth-order valence-corrected chi connectivity index (χ4v) is 3.18. The smallest absolute Gasteiger partial charge is 0.354 e. The van der Waals surface area contributed by atoms with E-state index >= 15 is 0 Å². The molecule has 2 aromatic carbocycles. The van der Waals surface area contributed by atoms with E-state index in [9.17, 15) is 4.79 Å². The number of hydrogen-bond donors (Lipinski definition) is 1. The standard InChI is InChI=1S/C21H17NO2/c1-24-21(23)20-13-18-17(11-12-19(18)22-20)16-9-7-15(8-10-16)14-5-3-2-4-6-14/h2-11,13,22H,12H2,1H3. The molecule has 0 radical (unpaired) electrons. The summed E-state index contributed by atoms with van der Waals surface area (Å²) >= 11 is 0. The fourth-order valence-electron chi connectivity index (χ4n) is 3.18. The lowest BCUT2D eigenvalue weighted by Gasteiger charge is -2.06. The molecule has 0 unspecified atom stereocenters. The molecule has 24 heavy (non-hydrogen) atoms. The first-order valence-corrected chi connectivity index (χ1v) is 7.93. The minimum atomic E-state index is -0.330. The first-order chi connectivity index (χ1) is 11.8. The van der Waals surface area contributed by atoms with Crippen LogP contribution in [0.5, 0.6) is 0 Å². The number of aromatic nitrogens is 1. The quantitative estimate of drug-likeness (QED) is 0.725. The predicted octanol–water partition coefficient (Wildman–Crippen LogP) is 4.46. The lowest BCUT2D eigenvalue weighted by molar-refractivity contribution is 0.0594. The van der Waals surface area contributed by atoms with Crippen LogP contribution < -0.4 is 0 Å². The van der Waals surface area contributed by atoms with E-state index in [0.29, 0.717) is 5.69 Å². The number of fused-ring (bicyclic) bond motifs is 1. The van der Waals surface area contributed by atoms with Gasteiger partial charge in [-0.15, -0.1) is 0 Å². The topological polar surface area (TPSA) is 42.1 Å². The lowest BCUT2D eigenvalue weighted by Crippen LogP contribution is -2.01. The molecule has 0 saturated heterocycles. The minimum absolute atomic E-state index is 0.330. The van der Waals surface area contributed by atoms with E-state index in [1.165, 1.54) is 18.2 Å². The number of carbonyl (C=O) groups is 1. The normalized spacial score (nSPS) is 12.6. The van der Waals surface area contributed by atoms with Gasteiger partial charge in [0.1, 0.15) is 5.69 Å². The molecule has 1 N–H and O–H groups in total. The second kappa shape index (κ2) is 5.85. The minimum Gasteiger partial charge on any atom is -0.464 e. The molecule has 0 aliphatic heterocycles. The highest BCUT2D eigenvalue weighted by Gasteiger charge is 2.21. The zero-order valence-corrected chi connectivity index (χ0v) is 13.4. The van der Waals surface area contributed by atoms with Crippen LogP contribution >= 0.6 is 0 Å². The Morgan fingerprint density at radius 2 is 1.62 bits per heavy atom. The molecular weight excluding hydrogens is 298 g/mol. The van der Waals surface area contributed by atoms with Gasteiger partial charge in [0, 0.05) is 17.7 Å². The highest BCUT2D eigenvalue weighted by molar-refractivity contribution is 5.92. The van der Waals surface area contributed by atoms with Gasteiger partial charge in [0.25, 0.3) is 0 Å². The van der Waals surface area contributed by atoms with Crippen molar-refractivity contribution in [2.24, 2.45) is 0 Å². The van der Waals surface area contributed by atoms with Crippen LogP contribution in [0, 0.1) is 0 Å². The van der Waals surface area contributed by atoms with Crippen molar-refractivity contribution in [3.05, 3.63) is 89.3 Å². The van der Waals surface area contributed by atoms with Crippen molar-refractivity contribution in [2.75, 3.05) is 7.11 Å². The third-order valence-electron chi connectivity index (χ3n) is 4.41. The van der Waals surface area contributed by atoms with Gasteiger partial charge in [-0.05, 0) is 28.3 Å². The van der Waals surface area contributed by atoms with Crippen LogP contribution in [0.4, 0.5) is 0 Å². The largest absolute Gasteiger partial charge is 0.464 e. The summed E-state index contributed by atoms with van der Waals surface area (Å²) in [7, 11) is 1.40. The number of aromatic amines is 1. The molecule has 0 bridgehead atoms. The molecule has 0 fully saturated rings. The number of benzene rings is 2. The molecule has 0 saturated carbocycles. The Balaban J connectivity index is 1.65. The van der Waals surface area contributed by atoms with Gasteiger partial charge in [-0.3, -0.25) is 0 Å². The summed E-state index contributed by atoms with van der Waals surface area (Å²) in [5.74, 6) is -0.330. The molecule has 3 heteroatoms. The number of allylic oxidation sites excluding steroid dienone is 1. The fraction of sp³-hybridized carbons (Fsp3) is 0.0952. The molecule has 1 aliphatic rings. The molecule has 0 amide bonds. The number of ether oxygens (including phenoxy) is 1. The van der Waals surface area contributed by atoms with Crippen molar-refractivity contribution in [1.29, 1.82) is 0 Å². The molecule has 0 spiro atoms. The Kier molecular flexibility index (Phi) is 3.54. The molecule has 3 nitrogen and oxygen atoms in total. The maximum atomic E-state index is 11.7. The number of hydrogen-bond acceptors (Lipinski definition) is 2. The van der Waals surface area contributed by atoms with Gasteiger partial charge in [-0.2, -0.15) is 0 Å². The molecule has 4 rings (SSSR count). The molecule has 0 atom stereocenters. The molecule has 118 valence electrons. The Bertz CT molecular complexity index is 918. The number of nitrogens with one attached hydrogen (secondary N) is 1. The summed E-state index contributed by atoms with van der Waals surface area (Å²) in [6, 6.07) is 20.7. The van der Waals surface area contributed by atoms with E-state index in [1.54, 1.807) is 0 Å². The zero-order valence-electron chi connectivity index (χ0n) is 13.4. The Labute approximate surface area is 140 Å². The van der Waals surface area contributed by atoms with E-state index < -0.39 is 0 Å². The highest BCUT2D eigenvalue weighted by atomic mass is 16.5. The summed E-state index contributed by atoms with van der Waals surface area (Å²) in [6.07, 6.45) is 3.00.